The molecule has 3 heterocycles. The number of fused-ring (bicyclic) bond motifs is 1. The first-order valence-electron chi connectivity index (χ1n) is 7.24. The summed E-state index contributed by atoms with van der Waals surface area (Å²) < 4.78 is 1.81. The molecule has 0 bridgehead atoms. The standard InChI is InChI=1S/C16H14N6OS/c1-16(23,14-18-6-7-24-14)10-2-3-11-12(8-10)22(9-20-11)13-4-5-19-15(17)21-13/h2-9,23H,1H3,(H2,17,19,21). The Balaban J connectivity index is 1.88. The van der Waals surface area contributed by atoms with Gasteiger partial charge in [-0.25, -0.2) is 15.0 Å². The molecule has 120 valence electrons. The maximum absolute atomic E-state index is 10.9. The van der Waals surface area contributed by atoms with E-state index in [2.05, 4.69) is 19.9 Å². The minimum absolute atomic E-state index is 0.195. The van der Waals surface area contributed by atoms with Gasteiger partial charge in [0.05, 0.1) is 11.0 Å². The van der Waals surface area contributed by atoms with Crippen molar-refractivity contribution in [3.63, 3.8) is 0 Å². The maximum atomic E-state index is 10.9. The molecule has 0 aliphatic rings. The summed E-state index contributed by atoms with van der Waals surface area (Å²) in [4.78, 5) is 16.7. The van der Waals surface area contributed by atoms with Crippen LogP contribution in [0.4, 0.5) is 5.95 Å². The van der Waals surface area contributed by atoms with E-state index in [1.165, 1.54) is 11.3 Å². The molecule has 3 N–H and O–H groups in total. The quantitative estimate of drug-likeness (QED) is 0.593. The Morgan fingerprint density at radius 1 is 1.17 bits per heavy atom. The summed E-state index contributed by atoms with van der Waals surface area (Å²) >= 11 is 1.41. The zero-order valence-electron chi connectivity index (χ0n) is 12.8. The van der Waals surface area contributed by atoms with Crippen molar-refractivity contribution in [2.24, 2.45) is 0 Å². The average molecular weight is 338 g/mol. The Labute approximate surface area is 141 Å². The average Bonchev–Trinajstić information content (AvgIpc) is 3.24. The number of rotatable bonds is 3. The number of benzene rings is 1. The smallest absolute Gasteiger partial charge is 0.221 e. The van der Waals surface area contributed by atoms with Crippen LogP contribution in [0.3, 0.4) is 0 Å². The fourth-order valence-corrected chi connectivity index (χ4v) is 3.30. The Bertz CT molecular complexity index is 1010. The molecular formula is C16H14N6OS. The molecular weight excluding hydrogens is 324 g/mol. The van der Waals surface area contributed by atoms with Gasteiger partial charge in [-0.15, -0.1) is 11.3 Å². The van der Waals surface area contributed by atoms with E-state index in [1.807, 2.05) is 28.1 Å². The zero-order valence-corrected chi connectivity index (χ0v) is 13.6. The van der Waals surface area contributed by atoms with Crippen molar-refractivity contribution in [1.29, 1.82) is 0 Å². The number of thiazole rings is 1. The molecule has 24 heavy (non-hydrogen) atoms. The van der Waals surface area contributed by atoms with Crippen LogP contribution in [-0.2, 0) is 5.60 Å². The summed E-state index contributed by atoms with van der Waals surface area (Å²) in [6.07, 6.45) is 4.95. The van der Waals surface area contributed by atoms with E-state index in [0.717, 1.165) is 16.6 Å². The summed E-state index contributed by atoms with van der Waals surface area (Å²) in [5, 5.41) is 13.4. The minimum Gasteiger partial charge on any atom is -0.378 e. The van der Waals surface area contributed by atoms with Crippen molar-refractivity contribution >= 4 is 28.3 Å². The summed E-state index contributed by atoms with van der Waals surface area (Å²) in [7, 11) is 0. The van der Waals surface area contributed by atoms with Gasteiger partial charge in [-0.05, 0) is 30.7 Å². The molecule has 1 atom stereocenters. The Hall–Kier alpha value is -2.84. The highest BCUT2D eigenvalue weighted by molar-refractivity contribution is 7.09. The molecule has 0 amide bonds. The number of hydrogen-bond acceptors (Lipinski definition) is 7. The van der Waals surface area contributed by atoms with E-state index in [0.29, 0.717) is 10.8 Å². The number of aliphatic hydroxyl groups is 1. The zero-order chi connectivity index (χ0) is 16.7. The lowest BCUT2D eigenvalue weighted by Crippen LogP contribution is -2.22. The molecule has 4 aromatic rings. The van der Waals surface area contributed by atoms with Crippen LogP contribution in [0.15, 0.2) is 48.4 Å². The molecule has 7 nitrogen and oxygen atoms in total. The van der Waals surface area contributed by atoms with Crippen LogP contribution < -0.4 is 5.73 Å². The van der Waals surface area contributed by atoms with E-state index < -0.39 is 5.60 Å². The lowest BCUT2D eigenvalue weighted by molar-refractivity contribution is 0.102. The molecule has 0 aliphatic heterocycles. The predicted molar refractivity (Wildman–Crippen MR) is 91.9 cm³/mol. The Morgan fingerprint density at radius 2 is 2.04 bits per heavy atom. The molecule has 0 saturated carbocycles. The first-order valence-corrected chi connectivity index (χ1v) is 8.12. The largest absolute Gasteiger partial charge is 0.378 e. The van der Waals surface area contributed by atoms with Gasteiger partial charge in [0.1, 0.15) is 22.8 Å². The van der Waals surface area contributed by atoms with Gasteiger partial charge >= 0.3 is 0 Å². The van der Waals surface area contributed by atoms with Crippen molar-refractivity contribution in [3.05, 3.63) is 58.9 Å². The summed E-state index contributed by atoms with van der Waals surface area (Å²) in [6.45, 7) is 1.73. The SMILES string of the molecule is CC(O)(c1ccc2ncn(-c3ccnc(N)n3)c2c1)c1nccs1. The van der Waals surface area contributed by atoms with E-state index in [-0.39, 0.29) is 5.95 Å². The van der Waals surface area contributed by atoms with Gasteiger partial charge in [0.25, 0.3) is 0 Å². The normalized spacial score (nSPS) is 13.9. The van der Waals surface area contributed by atoms with Gasteiger partial charge in [-0.3, -0.25) is 4.57 Å². The fourth-order valence-electron chi connectivity index (χ4n) is 2.58. The van der Waals surface area contributed by atoms with Crippen LogP contribution in [0.1, 0.15) is 17.5 Å². The molecule has 1 aromatic carbocycles. The molecule has 0 fully saturated rings. The minimum atomic E-state index is -1.18. The van der Waals surface area contributed by atoms with Gasteiger partial charge in [0.15, 0.2) is 0 Å². The summed E-state index contributed by atoms with van der Waals surface area (Å²) in [5.41, 5.74) is 6.84. The van der Waals surface area contributed by atoms with Crippen LogP contribution in [0.2, 0.25) is 0 Å². The van der Waals surface area contributed by atoms with Crippen LogP contribution in [0, 0.1) is 0 Å². The van der Waals surface area contributed by atoms with Gasteiger partial charge in [-0.2, -0.15) is 4.98 Å². The van der Waals surface area contributed by atoms with Crippen LogP contribution >= 0.6 is 11.3 Å². The number of anilines is 1. The third kappa shape index (κ3) is 2.32. The summed E-state index contributed by atoms with van der Waals surface area (Å²) in [5.74, 6) is 0.816. The predicted octanol–water partition coefficient (Wildman–Crippen LogP) is 2.11. The lowest BCUT2D eigenvalue weighted by atomic mass is 9.96. The van der Waals surface area contributed by atoms with Gasteiger partial charge in [0.2, 0.25) is 5.95 Å². The Kier molecular flexibility index (Phi) is 3.29. The molecule has 0 radical (unpaired) electrons. The topological polar surface area (TPSA) is 103 Å². The number of aromatic nitrogens is 5. The second-order valence-corrected chi connectivity index (χ2v) is 6.40. The second-order valence-electron chi connectivity index (χ2n) is 5.50. The van der Waals surface area contributed by atoms with E-state index >= 15 is 0 Å². The van der Waals surface area contributed by atoms with Crippen molar-refractivity contribution in [3.8, 4) is 5.82 Å². The maximum Gasteiger partial charge on any atom is 0.221 e. The van der Waals surface area contributed by atoms with Crippen molar-refractivity contribution in [1.82, 2.24) is 24.5 Å². The molecule has 0 aliphatic carbocycles. The highest BCUT2D eigenvalue weighted by Crippen LogP contribution is 2.32. The first kappa shape index (κ1) is 14.7. The number of nitrogen functional groups attached to an aromatic ring is 1. The van der Waals surface area contributed by atoms with Gasteiger partial charge < -0.3 is 10.8 Å². The number of nitrogens with two attached hydrogens (primary N) is 1. The summed E-state index contributed by atoms with van der Waals surface area (Å²) in [6, 6.07) is 7.37. The van der Waals surface area contributed by atoms with E-state index in [1.54, 1.807) is 31.7 Å². The Morgan fingerprint density at radius 3 is 2.79 bits per heavy atom. The lowest BCUT2D eigenvalue weighted by Gasteiger charge is -2.21. The highest BCUT2D eigenvalue weighted by Gasteiger charge is 2.29. The first-order chi connectivity index (χ1) is 11.6. The van der Waals surface area contributed by atoms with E-state index in [4.69, 9.17) is 5.73 Å². The van der Waals surface area contributed by atoms with Gasteiger partial charge in [-0.1, -0.05) is 6.07 Å². The second kappa shape index (κ2) is 5.36. The monoisotopic (exact) mass is 338 g/mol. The molecule has 0 spiro atoms. The molecule has 1 unspecified atom stereocenters. The van der Waals surface area contributed by atoms with Crippen molar-refractivity contribution in [2.45, 2.75) is 12.5 Å². The van der Waals surface area contributed by atoms with Crippen molar-refractivity contribution in [2.75, 3.05) is 5.73 Å². The van der Waals surface area contributed by atoms with E-state index in [9.17, 15) is 5.11 Å². The molecule has 0 saturated heterocycles. The number of nitrogens with zero attached hydrogens (tertiary/aromatic N) is 5. The number of hydrogen-bond donors (Lipinski definition) is 2. The van der Waals surface area contributed by atoms with Crippen LogP contribution in [0.25, 0.3) is 16.9 Å². The highest BCUT2D eigenvalue weighted by atomic mass is 32.1. The molecule has 4 rings (SSSR count). The third-order valence-electron chi connectivity index (χ3n) is 3.86. The van der Waals surface area contributed by atoms with Crippen LogP contribution in [-0.4, -0.2) is 29.6 Å². The van der Waals surface area contributed by atoms with Gasteiger partial charge in [0, 0.05) is 17.8 Å². The van der Waals surface area contributed by atoms with Crippen LogP contribution in [0.5, 0.6) is 0 Å². The third-order valence-corrected chi connectivity index (χ3v) is 4.85. The number of imidazole rings is 1. The molecule has 8 heteroatoms. The molecule has 3 aromatic heterocycles. The fraction of sp³-hybridized carbons (Fsp3) is 0.125. The van der Waals surface area contributed by atoms with Crippen molar-refractivity contribution < 1.29 is 5.11 Å².